The lowest BCUT2D eigenvalue weighted by Crippen LogP contribution is -2.54. The second-order valence-electron chi connectivity index (χ2n) is 6.84. The summed E-state index contributed by atoms with van der Waals surface area (Å²) in [5.41, 5.74) is 0.989. The number of anilines is 1. The molecule has 1 saturated heterocycles. The summed E-state index contributed by atoms with van der Waals surface area (Å²) in [6.45, 7) is -0.0525. The fraction of sp³-hybridized carbons (Fsp3) is 0.0909. The molecule has 0 saturated carbocycles. The van der Waals surface area contributed by atoms with Crippen molar-refractivity contribution >= 4 is 69.7 Å². The first kappa shape index (κ1) is 21.6. The van der Waals surface area contributed by atoms with Gasteiger partial charge in [-0.25, -0.2) is 9.69 Å². The van der Waals surface area contributed by atoms with Gasteiger partial charge in [0.2, 0.25) is 0 Å². The SMILES string of the molecule is COC(=O)Cn1cc(/C=C2/C(=O)NC(=O)N(c3cccc(Cl)c3Cl)C2=O)c2ccccc21. The molecule has 1 aliphatic heterocycles. The molecule has 32 heavy (non-hydrogen) atoms. The highest BCUT2D eigenvalue weighted by Crippen LogP contribution is 2.34. The molecule has 0 bridgehead atoms. The molecule has 162 valence electrons. The highest BCUT2D eigenvalue weighted by atomic mass is 35.5. The first-order valence-corrected chi connectivity index (χ1v) is 10.1. The summed E-state index contributed by atoms with van der Waals surface area (Å²) in [5, 5.41) is 3.00. The predicted molar refractivity (Wildman–Crippen MR) is 119 cm³/mol. The smallest absolute Gasteiger partial charge is 0.336 e. The molecule has 2 aromatic carbocycles. The van der Waals surface area contributed by atoms with Crippen molar-refractivity contribution < 1.29 is 23.9 Å². The van der Waals surface area contributed by atoms with Crippen molar-refractivity contribution in [3.63, 3.8) is 0 Å². The summed E-state index contributed by atoms with van der Waals surface area (Å²) in [4.78, 5) is 50.7. The minimum Gasteiger partial charge on any atom is -0.468 e. The number of aromatic nitrogens is 1. The van der Waals surface area contributed by atoms with Crippen molar-refractivity contribution in [1.82, 2.24) is 9.88 Å². The average molecular weight is 472 g/mol. The molecule has 1 aromatic heterocycles. The van der Waals surface area contributed by atoms with E-state index >= 15 is 0 Å². The molecule has 1 aliphatic rings. The number of halogens is 2. The Morgan fingerprint density at radius 2 is 1.84 bits per heavy atom. The number of hydrogen-bond acceptors (Lipinski definition) is 5. The van der Waals surface area contributed by atoms with E-state index < -0.39 is 23.8 Å². The number of hydrogen-bond donors (Lipinski definition) is 1. The first-order valence-electron chi connectivity index (χ1n) is 9.32. The van der Waals surface area contributed by atoms with Crippen molar-refractivity contribution in [3.05, 3.63) is 69.8 Å². The van der Waals surface area contributed by atoms with Crippen LogP contribution in [-0.4, -0.2) is 35.5 Å². The molecule has 0 unspecified atom stereocenters. The molecular formula is C22H15Cl2N3O5. The van der Waals surface area contributed by atoms with Gasteiger partial charge in [0, 0.05) is 22.7 Å². The highest BCUT2D eigenvalue weighted by Gasteiger charge is 2.38. The Bertz CT molecular complexity index is 1330. The molecule has 0 spiro atoms. The maximum Gasteiger partial charge on any atom is 0.336 e. The number of urea groups is 1. The van der Waals surface area contributed by atoms with Gasteiger partial charge in [-0.15, -0.1) is 0 Å². The van der Waals surface area contributed by atoms with Crippen LogP contribution in [0.5, 0.6) is 0 Å². The van der Waals surface area contributed by atoms with E-state index in [2.05, 4.69) is 5.32 Å². The lowest BCUT2D eigenvalue weighted by molar-refractivity contribution is -0.141. The second kappa shape index (κ2) is 8.49. The summed E-state index contributed by atoms with van der Waals surface area (Å²) in [7, 11) is 1.29. The van der Waals surface area contributed by atoms with Gasteiger partial charge in [0.05, 0.1) is 22.8 Å². The Hall–Kier alpha value is -3.62. The third-order valence-electron chi connectivity index (χ3n) is 4.92. The quantitative estimate of drug-likeness (QED) is 0.354. The molecule has 4 rings (SSSR count). The number of barbiturate groups is 1. The molecule has 0 aliphatic carbocycles. The standard InChI is InChI=1S/C22H15Cl2N3O5/c1-32-18(28)11-26-10-12(13-5-2-3-7-16(13)26)9-14-20(29)25-22(31)27(21(14)30)17-8-4-6-15(23)19(17)24/h2-10H,11H2,1H3,(H,25,29,31)/b14-9-. The number of rotatable bonds is 4. The topological polar surface area (TPSA) is 97.7 Å². The number of para-hydroxylation sites is 1. The zero-order chi connectivity index (χ0) is 23.0. The zero-order valence-electron chi connectivity index (χ0n) is 16.6. The molecule has 10 heteroatoms. The summed E-state index contributed by atoms with van der Waals surface area (Å²) in [6.07, 6.45) is 2.99. The third-order valence-corrected chi connectivity index (χ3v) is 5.73. The summed E-state index contributed by atoms with van der Waals surface area (Å²) >= 11 is 12.2. The number of imide groups is 2. The molecule has 4 amide bonds. The van der Waals surface area contributed by atoms with Crippen molar-refractivity contribution in [3.8, 4) is 0 Å². The minimum absolute atomic E-state index is 0.000969. The number of methoxy groups -OCH3 is 1. The third kappa shape index (κ3) is 3.74. The van der Waals surface area contributed by atoms with Crippen molar-refractivity contribution in [1.29, 1.82) is 0 Å². The van der Waals surface area contributed by atoms with E-state index in [1.165, 1.54) is 31.4 Å². The Kier molecular flexibility index (Phi) is 5.73. The normalized spacial score (nSPS) is 15.4. The van der Waals surface area contributed by atoms with Gasteiger partial charge in [-0.05, 0) is 24.3 Å². The fourth-order valence-electron chi connectivity index (χ4n) is 3.42. The molecule has 0 radical (unpaired) electrons. The van der Waals surface area contributed by atoms with E-state index in [0.717, 1.165) is 4.90 Å². The lowest BCUT2D eigenvalue weighted by Gasteiger charge is -2.27. The van der Waals surface area contributed by atoms with Crippen LogP contribution in [0.2, 0.25) is 10.0 Å². The number of amides is 4. The number of esters is 1. The highest BCUT2D eigenvalue weighted by molar-refractivity contribution is 6.46. The van der Waals surface area contributed by atoms with Crippen LogP contribution in [0, 0.1) is 0 Å². The molecule has 3 aromatic rings. The molecule has 1 N–H and O–H groups in total. The van der Waals surface area contributed by atoms with Crippen molar-refractivity contribution in [2.75, 3.05) is 12.0 Å². The average Bonchev–Trinajstić information content (AvgIpc) is 3.11. The van der Waals surface area contributed by atoms with E-state index in [0.29, 0.717) is 16.5 Å². The van der Waals surface area contributed by atoms with Gasteiger partial charge in [0.25, 0.3) is 11.8 Å². The van der Waals surface area contributed by atoms with Crippen LogP contribution in [0.15, 0.2) is 54.2 Å². The molecule has 1 fully saturated rings. The molecular weight excluding hydrogens is 457 g/mol. The molecule has 0 atom stereocenters. The Labute approximate surface area is 191 Å². The number of nitrogens with one attached hydrogen (secondary N) is 1. The van der Waals surface area contributed by atoms with Gasteiger partial charge in [0.15, 0.2) is 0 Å². The number of benzene rings is 2. The van der Waals surface area contributed by atoms with Gasteiger partial charge in [-0.2, -0.15) is 0 Å². The van der Waals surface area contributed by atoms with Crippen LogP contribution in [0.1, 0.15) is 5.56 Å². The van der Waals surface area contributed by atoms with Gasteiger partial charge in [-0.1, -0.05) is 47.5 Å². The van der Waals surface area contributed by atoms with Gasteiger partial charge < -0.3 is 9.30 Å². The summed E-state index contributed by atoms with van der Waals surface area (Å²) in [5.74, 6) is -2.16. The van der Waals surface area contributed by atoms with Crippen molar-refractivity contribution in [2.24, 2.45) is 0 Å². The number of fused-ring (bicyclic) bond motifs is 1. The maximum atomic E-state index is 13.2. The van der Waals surface area contributed by atoms with E-state index in [9.17, 15) is 19.2 Å². The number of nitrogens with zero attached hydrogens (tertiary/aromatic N) is 2. The molecule has 8 nitrogen and oxygen atoms in total. The summed E-state index contributed by atoms with van der Waals surface area (Å²) in [6, 6.07) is 10.7. The van der Waals surface area contributed by atoms with Crippen LogP contribution >= 0.6 is 23.2 Å². The van der Waals surface area contributed by atoms with E-state index in [1.807, 2.05) is 0 Å². The Morgan fingerprint density at radius 3 is 2.59 bits per heavy atom. The van der Waals surface area contributed by atoms with Crippen LogP contribution in [0.4, 0.5) is 10.5 Å². The number of ether oxygens (including phenoxy) is 1. The van der Waals surface area contributed by atoms with Gasteiger partial charge in [-0.3, -0.25) is 19.7 Å². The van der Waals surface area contributed by atoms with Gasteiger partial charge >= 0.3 is 12.0 Å². The van der Waals surface area contributed by atoms with Gasteiger partial charge in [0.1, 0.15) is 12.1 Å². The Balaban J connectivity index is 1.81. The van der Waals surface area contributed by atoms with Crippen molar-refractivity contribution in [2.45, 2.75) is 6.54 Å². The van der Waals surface area contributed by atoms with Crippen LogP contribution in [0.25, 0.3) is 17.0 Å². The monoisotopic (exact) mass is 471 g/mol. The number of carbonyl (C=O) groups excluding carboxylic acids is 4. The lowest BCUT2D eigenvalue weighted by atomic mass is 10.1. The molecule has 2 heterocycles. The van der Waals surface area contributed by atoms with Crippen LogP contribution < -0.4 is 10.2 Å². The van der Waals surface area contributed by atoms with E-state index in [1.54, 1.807) is 35.0 Å². The van der Waals surface area contributed by atoms with Crippen LogP contribution in [0.3, 0.4) is 0 Å². The Morgan fingerprint density at radius 1 is 1.09 bits per heavy atom. The largest absolute Gasteiger partial charge is 0.468 e. The maximum absolute atomic E-state index is 13.2. The number of carbonyl (C=O) groups is 4. The first-order chi connectivity index (χ1) is 15.3. The zero-order valence-corrected chi connectivity index (χ0v) is 18.1. The van der Waals surface area contributed by atoms with E-state index in [-0.39, 0.29) is 27.9 Å². The van der Waals surface area contributed by atoms with Crippen LogP contribution in [-0.2, 0) is 25.7 Å². The fourth-order valence-corrected chi connectivity index (χ4v) is 3.80. The minimum atomic E-state index is -0.936. The van der Waals surface area contributed by atoms with E-state index in [4.69, 9.17) is 27.9 Å². The predicted octanol–water partition coefficient (Wildman–Crippen LogP) is 3.79. The summed E-state index contributed by atoms with van der Waals surface area (Å²) < 4.78 is 6.38. The second-order valence-corrected chi connectivity index (χ2v) is 7.62.